The summed E-state index contributed by atoms with van der Waals surface area (Å²) < 4.78 is 29.2. The van der Waals surface area contributed by atoms with Crippen molar-refractivity contribution in [2.24, 2.45) is 0 Å². The highest BCUT2D eigenvalue weighted by Gasteiger charge is 2.34. The first-order valence-corrected chi connectivity index (χ1v) is 12.6. The zero-order valence-electron chi connectivity index (χ0n) is 21.7. The van der Waals surface area contributed by atoms with Crippen molar-refractivity contribution in [1.29, 1.82) is 0 Å². The molecule has 0 saturated carbocycles. The van der Waals surface area contributed by atoms with Gasteiger partial charge in [-0.05, 0) is 32.6 Å². The van der Waals surface area contributed by atoms with Gasteiger partial charge >= 0.3 is 0 Å². The fourth-order valence-electron chi connectivity index (χ4n) is 2.76. The Hall–Kier alpha value is -0.400. The monoisotopic (exact) mass is 498 g/mol. The standard InChI is InChI=1S/C24H50O10/c1-6-18(26)11-30-15-22(32-10-17(5)25)24(34-14-21(29)9-4)23(33-13-20(28)8-3)16-31-12-19(27)7-2/h17-29H,6-16H2,1-5H3. The molecule has 5 N–H and O–H groups in total. The van der Waals surface area contributed by atoms with Gasteiger partial charge < -0.3 is 49.2 Å². The van der Waals surface area contributed by atoms with Gasteiger partial charge in [-0.3, -0.25) is 0 Å². The molecule has 10 heteroatoms. The summed E-state index contributed by atoms with van der Waals surface area (Å²) in [6, 6.07) is 0. The van der Waals surface area contributed by atoms with Gasteiger partial charge in [0.05, 0.1) is 76.8 Å². The Kier molecular flexibility index (Phi) is 20.5. The van der Waals surface area contributed by atoms with Gasteiger partial charge in [-0.2, -0.15) is 0 Å². The van der Waals surface area contributed by atoms with E-state index in [1.807, 2.05) is 27.7 Å². The Balaban J connectivity index is 5.66. The molecule has 10 nitrogen and oxygen atoms in total. The van der Waals surface area contributed by atoms with Crippen molar-refractivity contribution >= 4 is 0 Å². The molecular weight excluding hydrogens is 448 g/mol. The quantitative estimate of drug-likeness (QED) is 0.136. The summed E-state index contributed by atoms with van der Waals surface area (Å²) in [5.41, 5.74) is 0. The average molecular weight is 499 g/mol. The van der Waals surface area contributed by atoms with E-state index in [2.05, 4.69) is 0 Å². The summed E-state index contributed by atoms with van der Waals surface area (Å²) in [7, 11) is 0. The lowest BCUT2D eigenvalue weighted by Crippen LogP contribution is -2.49. The fraction of sp³-hybridized carbons (Fsp3) is 1.00. The van der Waals surface area contributed by atoms with E-state index >= 15 is 0 Å². The number of hydrogen-bond donors (Lipinski definition) is 5. The van der Waals surface area contributed by atoms with Crippen LogP contribution in [0.3, 0.4) is 0 Å². The molecule has 0 radical (unpaired) electrons. The summed E-state index contributed by atoms with van der Waals surface area (Å²) >= 11 is 0. The first kappa shape index (κ1) is 33.6. The molecule has 0 aromatic rings. The molecule has 0 fully saturated rings. The van der Waals surface area contributed by atoms with E-state index in [1.54, 1.807) is 6.92 Å². The highest BCUT2D eigenvalue weighted by Crippen LogP contribution is 2.17. The number of aliphatic hydroxyl groups is 5. The zero-order chi connectivity index (χ0) is 25.9. The predicted molar refractivity (Wildman–Crippen MR) is 128 cm³/mol. The van der Waals surface area contributed by atoms with Gasteiger partial charge in [0.15, 0.2) is 0 Å². The molecule has 206 valence electrons. The van der Waals surface area contributed by atoms with Crippen molar-refractivity contribution in [3.8, 4) is 0 Å². The Bertz CT molecular complexity index is 453. The minimum Gasteiger partial charge on any atom is -0.391 e. The predicted octanol–water partition coefficient (Wildman–Crippen LogP) is 0.640. The Morgan fingerprint density at radius 1 is 0.471 bits per heavy atom. The van der Waals surface area contributed by atoms with Crippen LogP contribution in [0, 0.1) is 0 Å². The molecule has 0 rings (SSSR count). The molecule has 0 bridgehead atoms. The number of ether oxygens (including phenoxy) is 5. The molecule has 0 saturated heterocycles. The van der Waals surface area contributed by atoms with Crippen LogP contribution in [-0.2, 0) is 23.7 Å². The Morgan fingerprint density at radius 2 is 0.824 bits per heavy atom. The van der Waals surface area contributed by atoms with E-state index in [9.17, 15) is 25.5 Å². The number of hydrogen-bond acceptors (Lipinski definition) is 10. The second-order valence-corrected chi connectivity index (χ2v) is 8.71. The maximum absolute atomic E-state index is 10.1. The molecule has 34 heavy (non-hydrogen) atoms. The first-order chi connectivity index (χ1) is 16.2. The Labute approximate surface area is 205 Å². The summed E-state index contributed by atoms with van der Waals surface area (Å²) in [4.78, 5) is 0. The second-order valence-electron chi connectivity index (χ2n) is 8.71. The van der Waals surface area contributed by atoms with E-state index in [-0.39, 0.29) is 46.2 Å². The average Bonchev–Trinajstić information content (AvgIpc) is 2.83. The van der Waals surface area contributed by atoms with Gasteiger partial charge in [0.1, 0.15) is 18.3 Å². The van der Waals surface area contributed by atoms with Crippen molar-refractivity contribution < 1.29 is 49.2 Å². The highest BCUT2D eigenvalue weighted by atomic mass is 16.6. The van der Waals surface area contributed by atoms with Crippen LogP contribution in [0.5, 0.6) is 0 Å². The van der Waals surface area contributed by atoms with E-state index in [1.165, 1.54) is 0 Å². The van der Waals surface area contributed by atoms with Crippen molar-refractivity contribution in [1.82, 2.24) is 0 Å². The van der Waals surface area contributed by atoms with E-state index in [0.717, 1.165) is 0 Å². The van der Waals surface area contributed by atoms with Crippen LogP contribution in [0.1, 0.15) is 60.3 Å². The molecule has 0 amide bonds. The molecule has 0 heterocycles. The van der Waals surface area contributed by atoms with Gasteiger partial charge in [0.2, 0.25) is 0 Å². The van der Waals surface area contributed by atoms with Gasteiger partial charge in [-0.1, -0.05) is 27.7 Å². The van der Waals surface area contributed by atoms with Crippen molar-refractivity contribution in [2.75, 3.05) is 46.2 Å². The highest BCUT2D eigenvalue weighted by molar-refractivity contribution is 4.82. The molecular formula is C24H50O10. The number of rotatable bonds is 23. The van der Waals surface area contributed by atoms with Crippen LogP contribution in [0.2, 0.25) is 0 Å². The lowest BCUT2D eigenvalue weighted by molar-refractivity contribution is -0.190. The topological polar surface area (TPSA) is 147 Å². The molecule has 0 aliphatic rings. The second kappa shape index (κ2) is 20.8. The lowest BCUT2D eigenvalue weighted by Gasteiger charge is -2.35. The maximum Gasteiger partial charge on any atom is 0.114 e. The molecule has 8 unspecified atom stereocenters. The fourth-order valence-corrected chi connectivity index (χ4v) is 2.76. The molecule has 0 spiro atoms. The molecule has 0 aromatic heterocycles. The minimum absolute atomic E-state index is 0.0141. The third kappa shape index (κ3) is 16.3. The van der Waals surface area contributed by atoms with Crippen LogP contribution >= 0.6 is 0 Å². The molecule has 0 aliphatic carbocycles. The van der Waals surface area contributed by atoms with E-state index < -0.39 is 48.8 Å². The summed E-state index contributed by atoms with van der Waals surface area (Å²) in [6.07, 6.45) is -3.50. The van der Waals surface area contributed by atoms with Crippen LogP contribution in [0.15, 0.2) is 0 Å². The van der Waals surface area contributed by atoms with Crippen LogP contribution in [-0.4, -0.2) is 121 Å². The summed E-state index contributed by atoms with van der Waals surface area (Å²) in [5.74, 6) is 0. The van der Waals surface area contributed by atoms with Crippen LogP contribution in [0.25, 0.3) is 0 Å². The van der Waals surface area contributed by atoms with Crippen molar-refractivity contribution in [3.63, 3.8) is 0 Å². The van der Waals surface area contributed by atoms with Gasteiger partial charge in [-0.25, -0.2) is 0 Å². The van der Waals surface area contributed by atoms with E-state index in [0.29, 0.717) is 25.7 Å². The Morgan fingerprint density at radius 3 is 1.21 bits per heavy atom. The lowest BCUT2D eigenvalue weighted by atomic mass is 10.1. The van der Waals surface area contributed by atoms with Gasteiger partial charge in [-0.15, -0.1) is 0 Å². The zero-order valence-corrected chi connectivity index (χ0v) is 21.7. The molecule has 8 atom stereocenters. The van der Waals surface area contributed by atoms with Crippen LogP contribution < -0.4 is 0 Å². The van der Waals surface area contributed by atoms with Crippen molar-refractivity contribution in [3.05, 3.63) is 0 Å². The van der Waals surface area contributed by atoms with Crippen molar-refractivity contribution in [2.45, 2.75) is 109 Å². The van der Waals surface area contributed by atoms with Gasteiger partial charge in [0, 0.05) is 0 Å². The number of aliphatic hydroxyl groups excluding tert-OH is 5. The third-order valence-electron chi connectivity index (χ3n) is 5.34. The largest absolute Gasteiger partial charge is 0.391 e. The minimum atomic E-state index is -0.776. The normalized spacial score (nSPS) is 19.2. The molecule has 0 aliphatic heterocycles. The van der Waals surface area contributed by atoms with Crippen LogP contribution in [0.4, 0.5) is 0 Å². The summed E-state index contributed by atoms with van der Waals surface area (Å²) in [5, 5.41) is 49.6. The summed E-state index contributed by atoms with van der Waals surface area (Å²) in [6.45, 7) is 9.33. The smallest absolute Gasteiger partial charge is 0.114 e. The van der Waals surface area contributed by atoms with E-state index in [4.69, 9.17) is 23.7 Å². The first-order valence-electron chi connectivity index (χ1n) is 12.6. The van der Waals surface area contributed by atoms with Gasteiger partial charge in [0.25, 0.3) is 0 Å². The molecule has 0 aromatic carbocycles. The SMILES string of the molecule is CCC(O)COCC(OCC(C)O)C(OCC(O)CC)C(COCC(O)CC)OCC(O)CC. The third-order valence-corrected chi connectivity index (χ3v) is 5.34. The maximum atomic E-state index is 10.1.